The zero-order valence-electron chi connectivity index (χ0n) is 12.7. The van der Waals surface area contributed by atoms with Gasteiger partial charge in [-0.1, -0.05) is 6.92 Å². The molecule has 0 radical (unpaired) electrons. The van der Waals surface area contributed by atoms with Gasteiger partial charge in [-0.05, 0) is 39.7 Å². The minimum atomic E-state index is -0.524. The molecule has 3 N–H and O–H groups in total. The van der Waals surface area contributed by atoms with Crippen molar-refractivity contribution in [1.82, 2.24) is 10.2 Å². The number of nitrogens with zero attached hydrogens (tertiary/aromatic N) is 1. The Bertz CT molecular complexity index is 298. The van der Waals surface area contributed by atoms with E-state index in [9.17, 15) is 4.79 Å². The zero-order valence-corrected chi connectivity index (χ0v) is 12.7. The molecule has 1 saturated carbocycles. The highest BCUT2D eigenvalue weighted by molar-refractivity contribution is 5.85. The maximum absolute atomic E-state index is 11.7. The summed E-state index contributed by atoms with van der Waals surface area (Å²) in [6.07, 6.45) is 3.73. The summed E-state index contributed by atoms with van der Waals surface area (Å²) in [5, 5.41) is 3.14. The van der Waals surface area contributed by atoms with Crippen LogP contribution in [0.1, 0.15) is 39.5 Å². The summed E-state index contributed by atoms with van der Waals surface area (Å²) in [6.45, 7) is 6.07. The standard InChI is InChI=1S/C14H29N3O2/c1-5-11(2)17(8-9-19-4)12-6-7-14(10-12,16-3)13(15)18/h11-12,16H,5-10H2,1-4H3,(H2,15,18). The SMILES string of the molecule is CCC(C)N(CCOC)C1CCC(NC)(C(N)=O)C1. The van der Waals surface area contributed by atoms with Gasteiger partial charge in [0.15, 0.2) is 0 Å². The van der Waals surface area contributed by atoms with Gasteiger partial charge in [-0.3, -0.25) is 9.69 Å². The van der Waals surface area contributed by atoms with Crippen LogP contribution in [0.4, 0.5) is 0 Å². The Morgan fingerprint density at radius 1 is 1.63 bits per heavy atom. The first-order valence-corrected chi connectivity index (χ1v) is 7.24. The monoisotopic (exact) mass is 271 g/mol. The van der Waals surface area contributed by atoms with E-state index in [0.717, 1.165) is 38.8 Å². The molecule has 3 atom stereocenters. The van der Waals surface area contributed by atoms with Crippen LogP contribution in [0.15, 0.2) is 0 Å². The third kappa shape index (κ3) is 3.68. The Morgan fingerprint density at radius 3 is 2.74 bits per heavy atom. The van der Waals surface area contributed by atoms with Crippen molar-refractivity contribution in [2.45, 2.75) is 57.2 Å². The van der Waals surface area contributed by atoms with Crippen molar-refractivity contribution in [2.75, 3.05) is 27.3 Å². The van der Waals surface area contributed by atoms with E-state index in [1.54, 1.807) is 7.11 Å². The number of nitrogens with two attached hydrogens (primary N) is 1. The third-order valence-corrected chi connectivity index (χ3v) is 4.62. The molecule has 0 spiro atoms. The maximum atomic E-state index is 11.7. The predicted octanol–water partition coefficient (Wildman–Crippen LogP) is 0.729. The second-order valence-corrected chi connectivity index (χ2v) is 5.58. The topological polar surface area (TPSA) is 67.6 Å². The van der Waals surface area contributed by atoms with Crippen molar-refractivity contribution in [3.63, 3.8) is 0 Å². The summed E-state index contributed by atoms with van der Waals surface area (Å²) in [5.41, 5.74) is 5.05. The minimum Gasteiger partial charge on any atom is -0.383 e. The van der Waals surface area contributed by atoms with Gasteiger partial charge in [0, 0.05) is 25.7 Å². The molecule has 1 aliphatic carbocycles. The second-order valence-electron chi connectivity index (χ2n) is 5.58. The van der Waals surface area contributed by atoms with Gasteiger partial charge >= 0.3 is 0 Å². The summed E-state index contributed by atoms with van der Waals surface area (Å²) in [6, 6.07) is 0.908. The number of nitrogens with one attached hydrogen (secondary N) is 1. The fourth-order valence-electron chi connectivity index (χ4n) is 3.07. The number of carbonyl (C=O) groups excluding carboxylic acids is 1. The first kappa shape index (κ1) is 16.4. The van der Waals surface area contributed by atoms with Gasteiger partial charge < -0.3 is 15.8 Å². The second kappa shape index (κ2) is 7.22. The lowest BCUT2D eigenvalue weighted by atomic mass is 9.96. The van der Waals surface area contributed by atoms with Crippen molar-refractivity contribution in [2.24, 2.45) is 5.73 Å². The number of amides is 1. The van der Waals surface area contributed by atoms with Gasteiger partial charge in [0.1, 0.15) is 0 Å². The molecule has 0 aromatic heterocycles. The number of carbonyl (C=O) groups is 1. The molecular weight excluding hydrogens is 242 g/mol. The zero-order chi connectivity index (χ0) is 14.5. The molecule has 0 bridgehead atoms. The fraction of sp³-hybridized carbons (Fsp3) is 0.929. The summed E-state index contributed by atoms with van der Waals surface area (Å²) in [4.78, 5) is 14.2. The van der Waals surface area contributed by atoms with Crippen molar-refractivity contribution < 1.29 is 9.53 Å². The highest BCUT2D eigenvalue weighted by atomic mass is 16.5. The number of likely N-dealkylation sites (N-methyl/N-ethyl adjacent to an activating group) is 1. The van der Waals surface area contributed by atoms with Crippen LogP contribution in [0, 0.1) is 0 Å². The average Bonchev–Trinajstić information content (AvgIpc) is 2.84. The Labute approximate surface area is 116 Å². The molecule has 0 aromatic carbocycles. The van der Waals surface area contributed by atoms with Crippen LogP contribution in [0.2, 0.25) is 0 Å². The molecule has 1 amide bonds. The number of ether oxygens (including phenoxy) is 1. The molecule has 1 rings (SSSR count). The smallest absolute Gasteiger partial charge is 0.237 e. The predicted molar refractivity (Wildman–Crippen MR) is 77.0 cm³/mol. The van der Waals surface area contributed by atoms with Crippen LogP contribution >= 0.6 is 0 Å². The molecule has 19 heavy (non-hydrogen) atoms. The van der Waals surface area contributed by atoms with Gasteiger partial charge in [0.25, 0.3) is 0 Å². The fourth-order valence-corrected chi connectivity index (χ4v) is 3.07. The quantitative estimate of drug-likeness (QED) is 0.683. The Balaban J connectivity index is 2.74. The highest BCUT2D eigenvalue weighted by Gasteiger charge is 2.45. The van der Waals surface area contributed by atoms with Crippen molar-refractivity contribution >= 4 is 5.91 Å². The largest absolute Gasteiger partial charge is 0.383 e. The minimum absolute atomic E-state index is 0.228. The van der Waals surface area contributed by atoms with Gasteiger partial charge in [-0.15, -0.1) is 0 Å². The highest BCUT2D eigenvalue weighted by Crippen LogP contribution is 2.34. The van der Waals surface area contributed by atoms with E-state index in [4.69, 9.17) is 10.5 Å². The summed E-state index contributed by atoms with van der Waals surface area (Å²) in [5.74, 6) is -0.228. The number of rotatable bonds is 8. The normalized spacial score (nSPS) is 28.8. The Morgan fingerprint density at radius 2 is 2.32 bits per heavy atom. The maximum Gasteiger partial charge on any atom is 0.237 e. The van der Waals surface area contributed by atoms with Crippen LogP contribution < -0.4 is 11.1 Å². The Kier molecular flexibility index (Phi) is 6.23. The van der Waals surface area contributed by atoms with Crippen molar-refractivity contribution in [1.29, 1.82) is 0 Å². The molecule has 0 heterocycles. The summed E-state index contributed by atoms with van der Waals surface area (Å²) >= 11 is 0. The lowest BCUT2D eigenvalue weighted by molar-refractivity contribution is -0.124. The first-order valence-electron chi connectivity index (χ1n) is 7.24. The van der Waals surface area contributed by atoms with Crippen LogP contribution in [0.5, 0.6) is 0 Å². The van der Waals surface area contributed by atoms with Gasteiger partial charge in [-0.2, -0.15) is 0 Å². The van der Waals surface area contributed by atoms with Gasteiger partial charge in [0.2, 0.25) is 5.91 Å². The van der Waals surface area contributed by atoms with Crippen LogP contribution in [0.25, 0.3) is 0 Å². The number of primary amides is 1. The molecule has 5 nitrogen and oxygen atoms in total. The molecule has 0 saturated heterocycles. The molecule has 5 heteroatoms. The lowest BCUT2D eigenvalue weighted by Crippen LogP contribution is -2.53. The molecular formula is C14H29N3O2. The van der Waals surface area contributed by atoms with Crippen LogP contribution in [-0.2, 0) is 9.53 Å². The molecule has 0 aliphatic heterocycles. The lowest BCUT2D eigenvalue weighted by Gasteiger charge is -2.35. The first-order chi connectivity index (χ1) is 9.00. The third-order valence-electron chi connectivity index (χ3n) is 4.62. The molecule has 1 fully saturated rings. The number of methoxy groups -OCH3 is 1. The summed E-state index contributed by atoms with van der Waals surface area (Å²) < 4.78 is 5.20. The van der Waals surface area contributed by atoms with E-state index in [0.29, 0.717) is 12.1 Å². The van der Waals surface area contributed by atoms with Crippen LogP contribution in [-0.4, -0.2) is 55.7 Å². The van der Waals surface area contributed by atoms with Crippen molar-refractivity contribution in [3.8, 4) is 0 Å². The van der Waals surface area contributed by atoms with Gasteiger partial charge in [-0.25, -0.2) is 0 Å². The summed E-state index contributed by atoms with van der Waals surface area (Å²) in [7, 11) is 3.56. The molecule has 1 aliphatic rings. The van der Waals surface area contributed by atoms with Gasteiger partial charge in [0.05, 0.1) is 12.1 Å². The Hall–Kier alpha value is -0.650. The van der Waals surface area contributed by atoms with Crippen molar-refractivity contribution in [3.05, 3.63) is 0 Å². The van der Waals surface area contributed by atoms with E-state index in [1.807, 2.05) is 7.05 Å². The van der Waals surface area contributed by atoms with Crippen LogP contribution in [0.3, 0.4) is 0 Å². The molecule has 112 valence electrons. The number of hydrogen-bond donors (Lipinski definition) is 2. The van der Waals surface area contributed by atoms with E-state index >= 15 is 0 Å². The van der Waals surface area contributed by atoms with E-state index < -0.39 is 5.54 Å². The average molecular weight is 271 g/mol. The number of hydrogen-bond acceptors (Lipinski definition) is 4. The molecule has 0 aromatic rings. The molecule has 3 unspecified atom stereocenters. The van der Waals surface area contributed by atoms with E-state index in [-0.39, 0.29) is 5.91 Å². The van der Waals surface area contributed by atoms with E-state index in [2.05, 4.69) is 24.1 Å². The van der Waals surface area contributed by atoms with E-state index in [1.165, 1.54) is 0 Å².